The third kappa shape index (κ3) is 4.19. The number of rotatable bonds is 5. The van der Waals surface area contributed by atoms with Gasteiger partial charge in [-0.05, 0) is 54.8 Å². The second kappa shape index (κ2) is 8.52. The molecule has 0 amide bonds. The number of halogens is 2. The monoisotopic (exact) mass is 419 g/mol. The molecular formula is C26H23F2NO2. The Balaban J connectivity index is 1.56. The SMILES string of the molecule is Fc1cc(F)cc(-n2c(C3CCOCC3)cc3cc(OCc4ccccc4)ccc32)c1. The molecule has 2 heterocycles. The molecule has 5 rings (SSSR count). The molecule has 3 nitrogen and oxygen atoms in total. The van der Waals surface area contributed by atoms with Crippen LogP contribution >= 0.6 is 0 Å². The van der Waals surface area contributed by atoms with Gasteiger partial charge in [0.1, 0.15) is 24.0 Å². The largest absolute Gasteiger partial charge is 0.489 e. The summed E-state index contributed by atoms with van der Waals surface area (Å²) in [6, 6.07) is 21.6. The summed E-state index contributed by atoms with van der Waals surface area (Å²) in [5, 5.41) is 0.983. The Labute approximate surface area is 179 Å². The van der Waals surface area contributed by atoms with Crippen LogP contribution in [0.1, 0.15) is 30.0 Å². The predicted octanol–water partition coefficient (Wildman–Crippen LogP) is 6.38. The molecule has 31 heavy (non-hydrogen) atoms. The van der Waals surface area contributed by atoms with Gasteiger partial charge in [0.2, 0.25) is 0 Å². The highest BCUT2D eigenvalue weighted by atomic mass is 19.1. The van der Waals surface area contributed by atoms with Crippen molar-refractivity contribution in [1.82, 2.24) is 4.57 Å². The van der Waals surface area contributed by atoms with Crippen LogP contribution in [0.25, 0.3) is 16.6 Å². The molecule has 0 N–H and O–H groups in total. The van der Waals surface area contributed by atoms with Crippen LogP contribution in [0.15, 0.2) is 72.8 Å². The Morgan fingerprint density at radius 2 is 1.61 bits per heavy atom. The zero-order valence-corrected chi connectivity index (χ0v) is 17.1. The van der Waals surface area contributed by atoms with Gasteiger partial charge in [0.05, 0.1) is 11.2 Å². The van der Waals surface area contributed by atoms with Crippen LogP contribution in [-0.2, 0) is 11.3 Å². The summed E-state index contributed by atoms with van der Waals surface area (Å²) in [5.74, 6) is -0.145. The van der Waals surface area contributed by atoms with E-state index in [2.05, 4.69) is 6.07 Å². The molecule has 1 fully saturated rings. The Hall–Kier alpha value is -3.18. The summed E-state index contributed by atoms with van der Waals surface area (Å²) >= 11 is 0. The number of benzene rings is 3. The van der Waals surface area contributed by atoms with Crippen molar-refractivity contribution in [3.8, 4) is 11.4 Å². The van der Waals surface area contributed by atoms with Gasteiger partial charge in [-0.3, -0.25) is 0 Å². The molecule has 5 heteroatoms. The van der Waals surface area contributed by atoms with Crippen molar-refractivity contribution >= 4 is 10.9 Å². The topological polar surface area (TPSA) is 23.4 Å². The maximum Gasteiger partial charge on any atom is 0.128 e. The van der Waals surface area contributed by atoms with Crippen LogP contribution < -0.4 is 4.74 Å². The third-order valence-corrected chi connectivity index (χ3v) is 5.79. The van der Waals surface area contributed by atoms with Crippen molar-refractivity contribution in [2.45, 2.75) is 25.4 Å². The molecule has 4 aromatic rings. The van der Waals surface area contributed by atoms with Crippen LogP contribution in [0, 0.1) is 11.6 Å². The first kappa shape index (κ1) is 19.8. The van der Waals surface area contributed by atoms with Gasteiger partial charge in [-0.25, -0.2) is 8.78 Å². The maximum absolute atomic E-state index is 14.0. The summed E-state index contributed by atoms with van der Waals surface area (Å²) in [5.41, 5.74) is 3.53. The first-order chi connectivity index (χ1) is 15.2. The molecule has 3 aromatic carbocycles. The van der Waals surface area contributed by atoms with E-state index in [9.17, 15) is 8.78 Å². The van der Waals surface area contributed by atoms with E-state index in [0.717, 1.165) is 46.8 Å². The van der Waals surface area contributed by atoms with E-state index < -0.39 is 11.6 Å². The number of ether oxygens (including phenoxy) is 2. The molecule has 1 aromatic heterocycles. The Kier molecular flexibility index (Phi) is 5.43. The van der Waals surface area contributed by atoms with Gasteiger partial charge in [-0.2, -0.15) is 0 Å². The summed E-state index contributed by atoms with van der Waals surface area (Å²) < 4.78 is 41.5. The van der Waals surface area contributed by atoms with Gasteiger partial charge in [0.25, 0.3) is 0 Å². The van der Waals surface area contributed by atoms with E-state index >= 15 is 0 Å². The highest BCUT2D eigenvalue weighted by Crippen LogP contribution is 2.36. The predicted molar refractivity (Wildman–Crippen MR) is 117 cm³/mol. The summed E-state index contributed by atoms with van der Waals surface area (Å²) in [6.07, 6.45) is 1.76. The van der Waals surface area contributed by atoms with Crippen molar-refractivity contribution in [1.29, 1.82) is 0 Å². The second-order valence-corrected chi connectivity index (χ2v) is 7.91. The number of nitrogens with zero attached hydrogens (tertiary/aromatic N) is 1. The summed E-state index contributed by atoms with van der Waals surface area (Å²) in [6.45, 7) is 1.86. The quantitative estimate of drug-likeness (QED) is 0.375. The fourth-order valence-corrected chi connectivity index (χ4v) is 4.30. The molecule has 0 saturated carbocycles. The lowest BCUT2D eigenvalue weighted by molar-refractivity contribution is 0.0842. The fraction of sp³-hybridized carbons (Fsp3) is 0.231. The lowest BCUT2D eigenvalue weighted by Crippen LogP contribution is -2.16. The highest BCUT2D eigenvalue weighted by molar-refractivity contribution is 5.85. The third-order valence-electron chi connectivity index (χ3n) is 5.79. The van der Waals surface area contributed by atoms with Crippen LogP contribution in [-0.4, -0.2) is 17.8 Å². The Bertz CT molecular complexity index is 1180. The molecule has 0 aliphatic carbocycles. The molecule has 1 aliphatic heterocycles. The molecule has 1 aliphatic rings. The Morgan fingerprint density at radius 1 is 0.871 bits per heavy atom. The molecule has 1 saturated heterocycles. The minimum Gasteiger partial charge on any atom is -0.489 e. The lowest BCUT2D eigenvalue weighted by atomic mass is 9.96. The van der Waals surface area contributed by atoms with Crippen molar-refractivity contribution in [3.05, 3.63) is 95.7 Å². The first-order valence-electron chi connectivity index (χ1n) is 10.5. The molecular weight excluding hydrogens is 396 g/mol. The standard InChI is InChI=1S/C26H23F2NO2/c27-21-14-22(28)16-23(15-21)29-25-7-6-24(31-17-18-4-2-1-3-5-18)12-20(25)13-26(29)19-8-10-30-11-9-19/h1-7,12-16,19H,8-11,17H2. The molecule has 0 radical (unpaired) electrons. The number of hydrogen-bond acceptors (Lipinski definition) is 2. The number of hydrogen-bond donors (Lipinski definition) is 0. The van der Waals surface area contributed by atoms with Gasteiger partial charge in [-0.15, -0.1) is 0 Å². The maximum atomic E-state index is 14.0. The summed E-state index contributed by atoms with van der Waals surface area (Å²) in [4.78, 5) is 0. The van der Waals surface area contributed by atoms with Crippen molar-refractivity contribution in [2.75, 3.05) is 13.2 Å². The highest BCUT2D eigenvalue weighted by Gasteiger charge is 2.23. The van der Waals surface area contributed by atoms with Crippen LogP contribution in [0.3, 0.4) is 0 Å². The van der Waals surface area contributed by atoms with Crippen molar-refractivity contribution in [2.24, 2.45) is 0 Å². The van der Waals surface area contributed by atoms with E-state index in [-0.39, 0.29) is 5.92 Å². The molecule has 0 atom stereocenters. The van der Waals surface area contributed by atoms with E-state index in [1.807, 2.05) is 53.1 Å². The van der Waals surface area contributed by atoms with E-state index in [1.54, 1.807) is 0 Å². The zero-order chi connectivity index (χ0) is 21.2. The zero-order valence-electron chi connectivity index (χ0n) is 17.1. The minimum atomic E-state index is -0.586. The van der Waals surface area contributed by atoms with E-state index in [4.69, 9.17) is 9.47 Å². The smallest absolute Gasteiger partial charge is 0.128 e. The molecule has 158 valence electrons. The van der Waals surface area contributed by atoms with Gasteiger partial charge < -0.3 is 14.0 Å². The summed E-state index contributed by atoms with van der Waals surface area (Å²) in [7, 11) is 0. The van der Waals surface area contributed by atoms with Crippen LogP contribution in [0.5, 0.6) is 5.75 Å². The first-order valence-corrected chi connectivity index (χ1v) is 10.5. The number of fused-ring (bicyclic) bond motifs is 1. The van der Waals surface area contributed by atoms with E-state index in [0.29, 0.717) is 25.5 Å². The van der Waals surface area contributed by atoms with E-state index in [1.165, 1.54) is 12.1 Å². The van der Waals surface area contributed by atoms with Gasteiger partial charge in [0.15, 0.2) is 0 Å². The van der Waals surface area contributed by atoms with Gasteiger partial charge in [0, 0.05) is 36.3 Å². The molecule has 0 spiro atoms. The number of aromatic nitrogens is 1. The Morgan fingerprint density at radius 3 is 2.35 bits per heavy atom. The average molecular weight is 419 g/mol. The second-order valence-electron chi connectivity index (χ2n) is 7.91. The van der Waals surface area contributed by atoms with Crippen molar-refractivity contribution in [3.63, 3.8) is 0 Å². The van der Waals surface area contributed by atoms with Crippen LogP contribution in [0.2, 0.25) is 0 Å². The van der Waals surface area contributed by atoms with Gasteiger partial charge in [-0.1, -0.05) is 30.3 Å². The molecule has 0 bridgehead atoms. The lowest BCUT2D eigenvalue weighted by Gasteiger charge is -2.24. The molecule has 0 unspecified atom stereocenters. The minimum absolute atomic E-state index is 0.265. The normalized spacial score (nSPS) is 14.8. The van der Waals surface area contributed by atoms with Gasteiger partial charge >= 0.3 is 0 Å². The van der Waals surface area contributed by atoms with Crippen LogP contribution in [0.4, 0.5) is 8.78 Å². The average Bonchev–Trinajstić information content (AvgIpc) is 3.17. The van der Waals surface area contributed by atoms with Crippen molar-refractivity contribution < 1.29 is 18.3 Å². The fourth-order valence-electron chi connectivity index (χ4n) is 4.30.